The maximum absolute atomic E-state index is 11.4. The van der Waals surface area contributed by atoms with Gasteiger partial charge in [0, 0.05) is 5.56 Å². The molecule has 0 radical (unpaired) electrons. The fourth-order valence-electron chi connectivity index (χ4n) is 2.44. The molecule has 0 aromatic heterocycles. The molecule has 110 valence electrons. The number of piperidine rings is 1. The summed E-state index contributed by atoms with van der Waals surface area (Å²) in [6, 6.07) is 5.33. The van der Waals surface area contributed by atoms with Gasteiger partial charge in [-0.15, -0.1) is 0 Å². The van der Waals surface area contributed by atoms with Gasteiger partial charge in [0.05, 0.1) is 13.7 Å². The van der Waals surface area contributed by atoms with E-state index < -0.39 is 0 Å². The van der Waals surface area contributed by atoms with Crippen LogP contribution in [0.4, 0.5) is 0 Å². The molecule has 20 heavy (non-hydrogen) atoms. The number of Topliss-reactive ketones (excluding diaryl/α,β-unsaturated/α-hetero) is 1. The number of carbonyl (C=O) groups excluding carboxylic acids is 1. The molecule has 0 bridgehead atoms. The van der Waals surface area contributed by atoms with E-state index >= 15 is 0 Å². The predicted octanol–water partition coefficient (Wildman–Crippen LogP) is 2.62. The van der Waals surface area contributed by atoms with Crippen molar-refractivity contribution < 1.29 is 14.3 Å². The maximum Gasteiger partial charge on any atom is 0.161 e. The molecule has 0 saturated carbocycles. The fourth-order valence-corrected chi connectivity index (χ4v) is 2.44. The number of rotatable bonds is 5. The molecule has 1 aromatic carbocycles. The summed E-state index contributed by atoms with van der Waals surface area (Å²) in [5.41, 5.74) is 0.657. The van der Waals surface area contributed by atoms with Crippen molar-refractivity contribution in [1.29, 1.82) is 0 Å². The zero-order valence-electron chi connectivity index (χ0n) is 12.5. The first-order chi connectivity index (χ1) is 9.60. The van der Waals surface area contributed by atoms with Crippen LogP contribution in [-0.2, 0) is 0 Å². The van der Waals surface area contributed by atoms with E-state index in [0.717, 1.165) is 25.9 Å². The molecule has 1 fully saturated rings. The minimum absolute atomic E-state index is 0.0387. The molecule has 4 nitrogen and oxygen atoms in total. The number of ketones is 1. The van der Waals surface area contributed by atoms with Gasteiger partial charge in [0.2, 0.25) is 0 Å². The fraction of sp³-hybridized carbons (Fsp3) is 0.562. The van der Waals surface area contributed by atoms with Gasteiger partial charge in [0.25, 0.3) is 0 Å². The highest BCUT2D eigenvalue weighted by Gasteiger charge is 2.18. The molecule has 0 N–H and O–H groups in total. The third kappa shape index (κ3) is 3.73. The third-order valence-corrected chi connectivity index (χ3v) is 3.88. The number of hydrogen-bond acceptors (Lipinski definition) is 4. The van der Waals surface area contributed by atoms with E-state index in [1.54, 1.807) is 32.2 Å². The van der Waals surface area contributed by atoms with Crippen LogP contribution in [0.25, 0.3) is 0 Å². The van der Waals surface area contributed by atoms with Crippen molar-refractivity contribution in [2.75, 3.05) is 33.9 Å². The Morgan fingerprint density at radius 1 is 1.30 bits per heavy atom. The predicted molar refractivity (Wildman–Crippen MR) is 78.7 cm³/mol. The van der Waals surface area contributed by atoms with Gasteiger partial charge in [0.1, 0.15) is 0 Å². The summed E-state index contributed by atoms with van der Waals surface area (Å²) in [6.07, 6.45) is 2.32. The zero-order valence-corrected chi connectivity index (χ0v) is 12.5. The van der Waals surface area contributed by atoms with Crippen LogP contribution >= 0.6 is 0 Å². The molecule has 1 aliphatic heterocycles. The summed E-state index contributed by atoms with van der Waals surface area (Å²) in [5, 5.41) is 0. The Labute approximate surface area is 120 Å². The Morgan fingerprint density at radius 2 is 2.00 bits per heavy atom. The van der Waals surface area contributed by atoms with E-state index in [2.05, 4.69) is 11.9 Å². The average molecular weight is 277 g/mol. The van der Waals surface area contributed by atoms with Crippen LogP contribution in [0.1, 0.15) is 30.1 Å². The highest BCUT2D eigenvalue weighted by atomic mass is 16.5. The van der Waals surface area contributed by atoms with Crippen molar-refractivity contribution in [2.24, 2.45) is 5.92 Å². The quantitative estimate of drug-likeness (QED) is 0.776. The summed E-state index contributed by atoms with van der Waals surface area (Å²) in [5.74, 6) is 1.97. The second-order valence-electron chi connectivity index (χ2n) is 5.48. The third-order valence-electron chi connectivity index (χ3n) is 3.88. The number of likely N-dealkylation sites (tertiary alicyclic amines) is 1. The molecule has 0 amide bonds. The first kappa shape index (κ1) is 14.9. The minimum Gasteiger partial charge on any atom is -0.493 e. The molecule has 4 heteroatoms. The van der Waals surface area contributed by atoms with Crippen LogP contribution in [0.5, 0.6) is 11.5 Å². The van der Waals surface area contributed by atoms with Gasteiger partial charge in [-0.25, -0.2) is 0 Å². The van der Waals surface area contributed by atoms with Crippen molar-refractivity contribution in [1.82, 2.24) is 4.90 Å². The van der Waals surface area contributed by atoms with Gasteiger partial charge in [-0.2, -0.15) is 0 Å². The highest BCUT2D eigenvalue weighted by Crippen LogP contribution is 2.29. The molecule has 0 atom stereocenters. The lowest BCUT2D eigenvalue weighted by molar-refractivity contribution is 0.101. The molecule has 0 unspecified atom stereocenters. The molecular formula is C16H23NO3. The second-order valence-corrected chi connectivity index (χ2v) is 5.48. The molecule has 1 saturated heterocycles. The van der Waals surface area contributed by atoms with Gasteiger partial charge >= 0.3 is 0 Å². The Bertz CT molecular complexity index is 465. The highest BCUT2D eigenvalue weighted by molar-refractivity contribution is 5.94. The first-order valence-electron chi connectivity index (χ1n) is 7.10. The summed E-state index contributed by atoms with van der Waals surface area (Å²) >= 11 is 0. The Hall–Kier alpha value is -1.55. The molecule has 1 aliphatic rings. The van der Waals surface area contributed by atoms with Gasteiger partial charge in [-0.1, -0.05) is 0 Å². The van der Waals surface area contributed by atoms with E-state index in [-0.39, 0.29) is 5.78 Å². The topological polar surface area (TPSA) is 38.8 Å². The maximum atomic E-state index is 11.4. The SMILES string of the molecule is COc1ccc(C(C)=O)cc1OCC1CCN(C)CC1. The largest absolute Gasteiger partial charge is 0.493 e. The lowest BCUT2D eigenvalue weighted by Crippen LogP contribution is -2.32. The Kier molecular flexibility index (Phi) is 5.01. The molecule has 0 aliphatic carbocycles. The van der Waals surface area contributed by atoms with Crippen LogP contribution in [-0.4, -0.2) is 44.5 Å². The summed E-state index contributed by atoms with van der Waals surface area (Å²) in [7, 11) is 3.77. The monoisotopic (exact) mass is 277 g/mol. The Balaban J connectivity index is 2.00. The average Bonchev–Trinajstić information content (AvgIpc) is 2.46. The summed E-state index contributed by atoms with van der Waals surface area (Å²) < 4.78 is 11.2. The molecule has 0 spiro atoms. The van der Waals surface area contributed by atoms with Gasteiger partial charge in [0.15, 0.2) is 17.3 Å². The van der Waals surface area contributed by atoms with E-state index in [1.807, 2.05) is 0 Å². The van der Waals surface area contributed by atoms with Crippen LogP contribution in [0.15, 0.2) is 18.2 Å². The minimum atomic E-state index is 0.0387. The zero-order chi connectivity index (χ0) is 14.5. The normalized spacial score (nSPS) is 16.9. The standard InChI is InChI=1S/C16H23NO3/c1-12(18)14-4-5-15(19-3)16(10-14)20-11-13-6-8-17(2)9-7-13/h4-5,10,13H,6-9,11H2,1-3H3. The van der Waals surface area contributed by atoms with Crippen molar-refractivity contribution in [2.45, 2.75) is 19.8 Å². The van der Waals surface area contributed by atoms with Crippen molar-refractivity contribution >= 4 is 5.78 Å². The van der Waals surface area contributed by atoms with Crippen molar-refractivity contribution in [3.05, 3.63) is 23.8 Å². The lowest BCUT2D eigenvalue weighted by Gasteiger charge is -2.28. The number of ether oxygens (including phenoxy) is 2. The van der Waals surface area contributed by atoms with Gasteiger partial charge in [-0.3, -0.25) is 4.79 Å². The number of hydrogen-bond donors (Lipinski definition) is 0. The van der Waals surface area contributed by atoms with Gasteiger partial charge in [-0.05, 0) is 64.0 Å². The molecule has 1 aromatic rings. The van der Waals surface area contributed by atoms with Crippen LogP contribution in [0.3, 0.4) is 0 Å². The van der Waals surface area contributed by atoms with Crippen molar-refractivity contribution in [3.63, 3.8) is 0 Å². The number of benzene rings is 1. The van der Waals surface area contributed by atoms with Gasteiger partial charge < -0.3 is 14.4 Å². The number of nitrogens with zero attached hydrogens (tertiary/aromatic N) is 1. The first-order valence-corrected chi connectivity index (χ1v) is 7.10. The summed E-state index contributed by atoms with van der Waals surface area (Å²) in [6.45, 7) is 4.49. The number of carbonyl (C=O) groups is 1. The van der Waals surface area contributed by atoms with Crippen LogP contribution in [0, 0.1) is 5.92 Å². The van der Waals surface area contributed by atoms with E-state index in [1.165, 1.54) is 0 Å². The molecular weight excluding hydrogens is 254 g/mol. The van der Waals surface area contributed by atoms with E-state index in [4.69, 9.17) is 9.47 Å². The second kappa shape index (κ2) is 6.75. The van der Waals surface area contributed by atoms with E-state index in [0.29, 0.717) is 29.6 Å². The van der Waals surface area contributed by atoms with Crippen LogP contribution in [0.2, 0.25) is 0 Å². The smallest absolute Gasteiger partial charge is 0.161 e. The summed E-state index contributed by atoms with van der Waals surface area (Å²) in [4.78, 5) is 13.8. The Morgan fingerprint density at radius 3 is 2.60 bits per heavy atom. The van der Waals surface area contributed by atoms with E-state index in [9.17, 15) is 4.79 Å². The molecule has 1 heterocycles. The lowest BCUT2D eigenvalue weighted by atomic mass is 9.98. The van der Waals surface area contributed by atoms with Crippen molar-refractivity contribution in [3.8, 4) is 11.5 Å². The molecule has 2 rings (SSSR count). The number of methoxy groups -OCH3 is 1. The van der Waals surface area contributed by atoms with Crippen LogP contribution < -0.4 is 9.47 Å².